The number of benzene rings is 2. The van der Waals surface area contributed by atoms with Crippen LogP contribution >= 0.6 is 0 Å². The molecule has 0 amide bonds. The standard InChI is InChI=1S/C20H24N2O2/c1(11-22-12-9-21-10-13-22)2-16-3-5-17(6-4-16)18-7-8-19-20(14-18)24-15-23-19/h3-8,14,21H,1-2,9-13,15H2. The monoisotopic (exact) mass is 324 g/mol. The van der Waals surface area contributed by atoms with Crippen molar-refractivity contribution >= 4 is 0 Å². The molecule has 0 saturated carbocycles. The first kappa shape index (κ1) is 15.5. The summed E-state index contributed by atoms with van der Waals surface area (Å²) in [6.07, 6.45) is 2.37. The molecule has 1 fully saturated rings. The summed E-state index contributed by atoms with van der Waals surface area (Å²) >= 11 is 0. The highest BCUT2D eigenvalue weighted by Gasteiger charge is 2.13. The van der Waals surface area contributed by atoms with Gasteiger partial charge in [-0.25, -0.2) is 0 Å². The third-order valence-electron chi connectivity index (χ3n) is 4.81. The van der Waals surface area contributed by atoms with Gasteiger partial charge in [-0.3, -0.25) is 0 Å². The average molecular weight is 324 g/mol. The van der Waals surface area contributed by atoms with E-state index < -0.39 is 0 Å². The molecule has 2 aromatic carbocycles. The summed E-state index contributed by atoms with van der Waals surface area (Å²) in [5.74, 6) is 1.68. The first-order chi connectivity index (χ1) is 11.9. The fraction of sp³-hybridized carbons (Fsp3) is 0.400. The lowest BCUT2D eigenvalue weighted by Gasteiger charge is -2.27. The summed E-state index contributed by atoms with van der Waals surface area (Å²) in [6.45, 7) is 6.15. The fourth-order valence-electron chi connectivity index (χ4n) is 3.38. The second-order valence-corrected chi connectivity index (χ2v) is 6.46. The van der Waals surface area contributed by atoms with Crippen LogP contribution in [0, 0.1) is 0 Å². The molecule has 4 rings (SSSR count). The maximum Gasteiger partial charge on any atom is 0.231 e. The van der Waals surface area contributed by atoms with E-state index in [1.807, 2.05) is 6.07 Å². The van der Waals surface area contributed by atoms with Crippen molar-refractivity contribution in [1.29, 1.82) is 0 Å². The fourth-order valence-corrected chi connectivity index (χ4v) is 3.38. The molecule has 2 heterocycles. The van der Waals surface area contributed by atoms with Gasteiger partial charge in [-0.05, 0) is 48.2 Å². The maximum atomic E-state index is 5.46. The van der Waals surface area contributed by atoms with Gasteiger partial charge in [0.25, 0.3) is 0 Å². The molecule has 2 aromatic rings. The molecule has 2 aliphatic heterocycles. The molecule has 24 heavy (non-hydrogen) atoms. The van der Waals surface area contributed by atoms with Crippen LogP contribution in [-0.4, -0.2) is 44.4 Å². The van der Waals surface area contributed by atoms with Crippen LogP contribution in [0.4, 0.5) is 0 Å². The van der Waals surface area contributed by atoms with Gasteiger partial charge in [-0.2, -0.15) is 0 Å². The first-order valence-electron chi connectivity index (χ1n) is 8.80. The minimum Gasteiger partial charge on any atom is -0.454 e. The van der Waals surface area contributed by atoms with Crippen LogP contribution in [0.5, 0.6) is 11.5 Å². The molecule has 0 aliphatic carbocycles. The zero-order valence-electron chi connectivity index (χ0n) is 14.0. The average Bonchev–Trinajstić information content (AvgIpc) is 3.11. The van der Waals surface area contributed by atoms with Crippen LogP contribution in [0.3, 0.4) is 0 Å². The van der Waals surface area contributed by atoms with E-state index in [1.165, 1.54) is 42.7 Å². The molecule has 0 aromatic heterocycles. The molecule has 4 nitrogen and oxygen atoms in total. The Morgan fingerprint density at radius 2 is 1.62 bits per heavy atom. The van der Waals surface area contributed by atoms with Gasteiger partial charge < -0.3 is 19.7 Å². The SMILES string of the molecule is c1cc(-c2ccc3c(c2)OCO3)ccc1CCCN1CCNCC1. The lowest BCUT2D eigenvalue weighted by atomic mass is 10.0. The Hall–Kier alpha value is -2.04. The highest BCUT2D eigenvalue weighted by molar-refractivity contribution is 5.67. The van der Waals surface area contributed by atoms with Crippen molar-refractivity contribution in [1.82, 2.24) is 10.2 Å². The molecule has 1 N–H and O–H groups in total. The summed E-state index contributed by atoms with van der Waals surface area (Å²) in [5.41, 5.74) is 3.81. The van der Waals surface area contributed by atoms with E-state index in [-0.39, 0.29) is 0 Å². The first-order valence-corrected chi connectivity index (χ1v) is 8.80. The van der Waals surface area contributed by atoms with E-state index in [2.05, 4.69) is 46.6 Å². The van der Waals surface area contributed by atoms with Crippen LogP contribution < -0.4 is 14.8 Å². The molecule has 126 valence electrons. The van der Waals surface area contributed by atoms with Crippen molar-refractivity contribution in [3.05, 3.63) is 48.0 Å². The number of nitrogens with zero attached hydrogens (tertiary/aromatic N) is 1. The number of hydrogen-bond donors (Lipinski definition) is 1. The molecule has 4 heteroatoms. The predicted octanol–water partition coefficient (Wildman–Crippen LogP) is 2.92. The van der Waals surface area contributed by atoms with E-state index in [0.29, 0.717) is 6.79 Å². The Labute approximate surface area is 143 Å². The molecule has 0 unspecified atom stereocenters. The maximum absolute atomic E-state index is 5.46. The number of ether oxygens (including phenoxy) is 2. The number of piperazine rings is 1. The van der Waals surface area contributed by atoms with Crippen molar-refractivity contribution in [2.24, 2.45) is 0 Å². The van der Waals surface area contributed by atoms with Crippen molar-refractivity contribution < 1.29 is 9.47 Å². The van der Waals surface area contributed by atoms with Crippen LogP contribution in [-0.2, 0) is 6.42 Å². The van der Waals surface area contributed by atoms with Crippen molar-refractivity contribution in [2.45, 2.75) is 12.8 Å². The molecular weight excluding hydrogens is 300 g/mol. The van der Waals surface area contributed by atoms with E-state index >= 15 is 0 Å². The molecule has 1 saturated heterocycles. The van der Waals surface area contributed by atoms with E-state index in [4.69, 9.17) is 9.47 Å². The van der Waals surface area contributed by atoms with Gasteiger partial charge in [-0.1, -0.05) is 30.3 Å². The molecule has 0 spiro atoms. The van der Waals surface area contributed by atoms with Gasteiger partial charge >= 0.3 is 0 Å². The Balaban J connectivity index is 1.34. The number of hydrogen-bond acceptors (Lipinski definition) is 4. The van der Waals surface area contributed by atoms with Gasteiger partial charge in [0.2, 0.25) is 6.79 Å². The second kappa shape index (κ2) is 7.24. The van der Waals surface area contributed by atoms with E-state index in [1.54, 1.807) is 0 Å². The summed E-state index contributed by atoms with van der Waals surface area (Å²) < 4.78 is 10.8. The molecule has 0 bridgehead atoms. The zero-order valence-corrected chi connectivity index (χ0v) is 14.0. The number of fused-ring (bicyclic) bond motifs is 1. The van der Waals surface area contributed by atoms with Gasteiger partial charge in [0.1, 0.15) is 0 Å². The Morgan fingerprint density at radius 1 is 0.875 bits per heavy atom. The highest BCUT2D eigenvalue weighted by atomic mass is 16.7. The molecule has 2 aliphatic rings. The zero-order chi connectivity index (χ0) is 16.2. The molecule has 0 atom stereocenters. The third kappa shape index (κ3) is 3.55. The summed E-state index contributed by atoms with van der Waals surface area (Å²) in [5, 5.41) is 3.40. The minimum atomic E-state index is 0.324. The Bertz CT molecular complexity index is 679. The van der Waals surface area contributed by atoms with E-state index in [0.717, 1.165) is 31.0 Å². The molecular formula is C20H24N2O2. The minimum absolute atomic E-state index is 0.324. The largest absolute Gasteiger partial charge is 0.454 e. The lowest BCUT2D eigenvalue weighted by Crippen LogP contribution is -2.43. The number of nitrogens with one attached hydrogen (secondary N) is 1. The van der Waals surface area contributed by atoms with Gasteiger partial charge in [-0.15, -0.1) is 0 Å². The smallest absolute Gasteiger partial charge is 0.231 e. The van der Waals surface area contributed by atoms with E-state index in [9.17, 15) is 0 Å². The molecule has 0 radical (unpaired) electrons. The highest BCUT2D eigenvalue weighted by Crippen LogP contribution is 2.35. The Morgan fingerprint density at radius 3 is 2.46 bits per heavy atom. The topological polar surface area (TPSA) is 33.7 Å². The van der Waals surface area contributed by atoms with Crippen LogP contribution in [0.25, 0.3) is 11.1 Å². The Kier molecular flexibility index (Phi) is 4.67. The van der Waals surface area contributed by atoms with Crippen molar-refractivity contribution in [2.75, 3.05) is 39.5 Å². The lowest BCUT2D eigenvalue weighted by molar-refractivity contribution is 0.174. The van der Waals surface area contributed by atoms with Crippen LogP contribution in [0.2, 0.25) is 0 Å². The van der Waals surface area contributed by atoms with Crippen molar-refractivity contribution in [3.63, 3.8) is 0 Å². The number of rotatable bonds is 5. The van der Waals surface area contributed by atoms with Gasteiger partial charge in [0.05, 0.1) is 0 Å². The summed E-state index contributed by atoms with van der Waals surface area (Å²) in [6, 6.07) is 15.0. The summed E-state index contributed by atoms with van der Waals surface area (Å²) in [4.78, 5) is 2.55. The second-order valence-electron chi connectivity index (χ2n) is 6.46. The quantitative estimate of drug-likeness (QED) is 0.917. The van der Waals surface area contributed by atoms with Crippen LogP contribution in [0.1, 0.15) is 12.0 Å². The van der Waals surface area contributed by atoms with Crippen molar-refractivity contribution in [3.8, 4) is 22.6 Å². The third-order valence-corrected chi connectivity index (χ3v) is 4.81. The summed E-state index contributed by atoms with van der Waals surface area (Å²) in [7, 11) is 0. The van der Waals surface area contributed by atoms with Gasteiger partial charge in [0.15, 0.2) is 11.5 Å². The van der Waals surface area contributed by atoms with Crippen LogP contribution in [0.15, 0.2) is 42.5 Å². The van der Waals surface area contributed by atoms with Gasteiger partial charge in [0, 0.05) is 26.2 Å². The normalized spacial score (nSPS) is 17.2. The predicted molar refractivity (Wildman–Crippen MR) is 95.6 cm³/mol. The number of aryl methyl sites for hydroxylation is 1.